The Kier molecular flexibility index (Phi) is 3.31. The van der Waals surface area contributed by atoms with Gasteiger partial charge in [0, 0.05) is 35.9 Å². The highest BCUT2D eigenvalue weighted by molar-refractivity contribution is 7.98. The minimum atomic E-state index is 0.689. The minimum absolute atomic E-state index is 0.689. The molecule has 0 radical (unpaired) electrons. The van der Waals surface area contributed by atoms with Gasteiger partial charge in [-0.05, 0) is 36.8 Å². The molecule has 1 aliphatic rings. The van der Waals surface area contributed by atoms with E-state index < -0.39 is 0 Å². The third-order valence-electron chi connectivity index (χ3n) is 3.70. The molecule has 0 fully saturated rings. The number of aryl methyl sites for hydroxylation is 2. The van der Waals surface area contributed by atoms with Crippen molar-refractivity contribution >= 4 is 11.8 Å². The molecule has 1 aliphatic carbocycles. The van der Waals surface area contributed by atoms with Crippen molar-refractivity contribution in [2.75, 3.05) is 6.26 Å². The summed E-state index contributed by atoms with van der Waals surface area (Å²) < 4.78 is 0. The van der Waals surface area contributed by atoms with Crippen molar-refractivity contribution in [3.8, 4) is 22.6 Å². The van der Waals surface area contributed by atoms with E-state index in [1.807, 2.05) is 30.8 Å². The average molecular weight is 307 g/mol. The first-order valence-electron chi connectivity index (χ1n) is 7.02. The van der Waals surface area contributed by atoms with Crippen LogP contribution in [0.5, 0.6) is 0 Å². The standard InChI is InChI=1S/C16H13N5S/c1-22-16-19-9-12-13(20-16)5-4-10-8-18-15(21-14(10)12)11-3-2-6-17-7-11/h2-3,6-9H,4-5H2,1H3. The molecule has 4 rings (SSSR count). The monoisotopic (exact) mass is 307 g/mol. The molecule has 3 aromatic heterocycles. The number of pyridine rings is 1. The van der Waals surface area contributed by atoms with E-state index in [1.165, 1.54) is 0 Å². The summed E-state index contributed by atoms with van der Waals surface area (Å²) >= 11 is 1.56. The third-order valence-corrected chi connectivity index (χ3v) is 4.26. The summed E-state index contributed by atoms with van der Waals surface area (Å²) in [6.07, 6.45) is 11.1. The summed E-state index contributed by atoms with van der Waals surface area (Å²) in [5.41, 5.74) is 5.11. The molecule has 0 aliphatic heterocycles. The molecule has 5 nitrogen and oxygen atoms in total. The molecule has 0 atom stereocenters. The second-order valence-electron chi connectivity index (χ2n) is 5.03. The number of thioether (sulfide) groups is 1. The fraction of sp³-hybridized carbons (Fsp3) is 0.188. The number of aromatic nitrogens is 5. The molecular weight excluding hydrogens is 294 g/mol. The maximum atomic E-state index is 4.74. The van der Waals surface area contributed by atoms with E-state index in [4.69, 9.17) is 4.98 Å². The van der Waals surface area contributed by atoms with E-state index in [0.29, 0.717) is 5.82 Å². The Hall–Kier alpha value is -2.34. The van der Waals surface area contributed by atoms with Crippen molar-refractivity contribution < 1.29 is 0 Å². The summed E-state index contributed by atoms with van der Waals surface area (Å²) in [4.78, 5) is 22.4. The molecule has 0 saturated heterocycles. The Morgan fingerprint density at radius 1 is 1.05 bits per heavy atom. The van der Waals surface area contributed by atoms with Crippen LogP contribution >= 0.6 is 11.8 Å². The van der Waals surface area contributed by atoms with Crippen molar-refractivity contribution in [2.45, 2.75) is 18.0 Å². The lowest BCUT2D eigenvalue weighted by molar-refractivity contribution is 0.821. The first kappa shape index (κ1) is 13.3. The Bertz CT molecular complexity index is 835. The molecule has 0 amide bonds. The number of hydrogen-bond acceptors (Lipinski definition) is 6. The molecule has 0 unspecified atom stereocenters. The van der Waals surface area contributed by atoms with Crippen molar-refractivity contribution in [3.63, 3.8) is 0 Å². The third kappa shape index (κ3) is 2.25. The Morgan fingerprint density at radius 2 is 2.00 bits per heavy atom. The lowest BCUT2D eigenvalue weighted by Gasteiger charge is -2.18. The van der Waals surface area contributed by atoms with Gasteiger partial charge in [0.15, 0.2) is 11.0 Å². The molecule has 6 heteroatoms. The second-order valence-corrected chi connectivity index (χ2v) is 5.80. The van der Waals surface area contributed by atoms with Crippen LogP contribution in [0.1, 0.15) is 11.3 Å². The zero-order chi connectivity index (χ0) is 14.9. The SMILES string of the molecule is CSc1ncc2c(n1)CCc1cnc(-c3cccnc3)nc1-2. The first-order chi connectivity index (χ1) is 10.8. The van der Waals surface area contributed by atoms with E-state index in [0.717, 1.165) is 46.1 Å². The van der Waals surface area contributed by atoms with Crippen LogP contribution in [0, 0.1) is 0 Å². The van der Waals surface area contributed by atoms with Crippen molar-refractivity contribution in [3.05, 3.63) is 48.2 Å². The van der Waals surface area contributed by atoms with E-state index in [1.54, 1.807) is 24.2 Å². The van der Waals surface area contributed by atoms with Crippen LogP contribution in [-0.2, 0) is 12.8 Å². The number of rotatable bonds is 2. The second kappa shape index (κ2) is 5.46. The molecule has 0 spiro atoms. The van der Waals surface area contributed by atoms with Gasteiger partial charge in [-0.25, -0.2) is 19.9 Å². The number of nitrogens with zero attached hydrogens (tertiary/aromatic N) is 5. The molecule has 3 aromatic rings. The average Bonchev–Trinajstić information content (AvgIpc) is 2.61. The van der Waals surface area contributed by atoms with E-state index in [-0.39, 0.29) is 0 Å². The van der Waals surface area contributed by atoms with Crippen LogP contribution in [0.15, 0.2) is 42.1 Å². The summed E-state index contributed by atoms with van der Waals surface area (Å²) in [6, 6.07) is 3.85. The van der Waals surface area contributed by atoms with E-state index in [2.05, 4.69) is 19.9 Å². The van der Waals surface area contributed by atoms with Gasteiger partial charge in [-0.3, -0.25) is 4.98 Å². The molecular formula is C16H13N5S. The number of hydrogen-bond donors (Lipinski definition) is 0. The van der Waals surface area contributed by atoms with Crippen LogP contribution in [0.25, 0.3) is 22.6 Å². The largest absolute Gasteiger partial charge is 0.264 e. The van der Waals surface area contributed by atoms with Gasteiger partial charge in [0.1, 0.15) is 0 Å². The Balaban J connectivity index is 1.85. The summed E-state index contributed by atoms with van der Waals surface area (Å²) in [7, 11) is 0. The Labute approximate surface area is 132 Å². The van der Waals surface area contributed by atoms with Crippen LogP contribution in [0.4, 0.5) is 0 Å². The topological polar surface area (TPSA) is 64.5 Å². The van der Waals surface area contributed by atoms with Crippen molar-refractivity contribution in [1.82, 2.24) is 24.9 Å². The maximum absolute atomic E-state index is 4.74. The van der Waals surface area contributed by atoms with Gasteiger partial charge in [-0.15, -0.1) is 0 Å². The molecule has 0 aromatic carbocycles. The zero-order valence-electron chi connectivity index (χ0n) is 12.0. The molecule has 22 heavy (non-hydrogen) atoms. The first-order valence-corrected chi connectivity index (χ1v) is 8.24. The predicted octanol–water partition coefficient (Wildman–Crippen LogP) is 2.82. The van der Waals surface area contributed by atoms with Gasteiger partial charge >= 0.3 is 0 Å². The normalized spacial score (nSPS) is 12.6. The number of fused-ring (bicyclic) bond motifs is 3. The summed E-state index contributed by atoms with van der Waals surface area (Å²) in [6.45, 7) is 0. The summed E-state index contributed by atoms with van der Waals surface area (Å²) in [5.74, 6) is 0.689. The van der Waals surface area contributed by atoms with Gasteiger partial charge in [-0.2, -0.15) is 0 Å². The van der Waals surface area contributed by atoms with Gasteiger partial charge in [0.25, 0.3) is 0 Å². The van der Waals surface area contributed by atoms with Gasteiger partial charge in [-0.1, -0.05) is 11.8 Å². The highest BCUT2D eigenvalue weighted by Crippen LogP contribution is 2.32. The fourth-order valence-corrected chi connectivity index (χ4v) is 2.96. The van der Waals surface area contributed by atoms with Crippen LogP contribution in [-0.4, -0.2) is 31.2 Å². The minimum Gasteiger partial charge on any atom is -0.264 e. The predicted molar refractivity (Wildman–Crippen MR) is 85.5 cm³/mol. The molecule has 3 heterocycles. The smallest absolute Gasteiger partial charge is 0.187 e. The van der Waals surface area contributed by atoms with Gasteiger partial charge < -0.3 is 0 Å². The quantitative estimate of drug-likeness (QED) is 0.536. The lowest BCUT2D eigenvalue weighted by Crippen LogP contribution is -2.10. The molecule has 0 saturated carbocycles. The van der Waals surface area contributed by atoms with Crippen LogP contribution in [0.2, 0.25) is 0 Å². The van der Waals surface area contributed by atoms with Crippen molar-refractivity contribution in [1.29, 1.82) is 0 Å². The summed E-state index contributed by atoms with van der Waals surface area (Å²) in [5, 5.41) is 0.809. The van der Waals surface area contributed by atoms with Gasteiger partial charge in [0.05, 0.1) is 11.4 Å². The van der Waals surface area contributed by atoms with Gasteiger partial charge in [0.2, 0.25) is 0 Å². The van der Waals surface area contributed by atoms with E-state index in [9.17, 15) is 0 Å². The highest BCUT2D eigenvalue weighted by atomic mass is 32.2. The van der Waals surface area contributed by atoms with E-state index >= 15 is 0 Å². The Morgan fingerprint density at radius 3 is 2.82 bits per heavy atom. The van der Waals surface area contributed by atoms with Crippen LogP contribution in [0.3, 0.4) is 0 Å². The zero-order valence-corrected chi connectivity index (χ0v) is 12.8. The molecule has 0 N–H and O–H groups in total. The maximum Gasteiger partial charge on any atom is 0.187 e. The lowest BCUT2D eigenvalue weighted by atomic mass is 9.94. The van der Waals surface area contributed by atoms with Crippen molar-refractivity contribution in [2.24, 2.45) is 0 Å². The molecule has 0 bridgehead atoms. The highest BCUT2D eigenvalue weighted by Gasteiger charge is 2.21. The molecule has 108 valence electrons. The van der Waals surface area contributed by atoms with Crippen LogP contribution < -0.4 is 0 Å². The fourth-order valence-electron chi connectivity index (χ4n) is 2.60.